The summed E-state index contributed by atoms with van der Waals surface area (Å²) in [5, 5.41) is 13.5. The van der Waals surface area contributed by atoms with Crippen molar-refractivity contribution in [1.29, 1.82) is 0 Å². The second-order valence-electron chi connectivity index (χ2n) is 10.6. The number of phenols is 1. The first-order valence-electron chi connectivity index (χ1n) is 13.5. The number of ether oxygens (including phenoxy) is 1. The van der Waals surface area contributed by atoms with Crippen LogP contribution in [0.25, 0.3) is 11.4 Å². The average molecular weight is 590 g/mol. The van der Waals surface area contributed by atoms with Gasteiger partial charge in [-0.1, -0.05) is 29.8 Å². The van der Waals surface area contributed by atoms with Crippen LogP contribution in [0.4, 0.5) is 15.0 Å². The average Bonchev–Trinajstić information content (AvgIpc) is 3.52. The van der Waals surface area contributed by atoms with Gasteiger partial charge in [-0.05, 0) is 47.9 Å². The van der Waals surface area contributed by atoms with Crippen LogP contribution in [0.2, 0.25) is 5.02 Å². The second kappa shape index (κ2) is 11.1. The number of halogens is 2. The predicted molar refractivity (Wildman–Crippen MR) is 156 cm³/mol. The van der Waals surface area contributed by atoms with Crippen LogP contribution < -0.4 is 15.0 Å². The Morgan fingerprint density at radius 2 is 1.90 bits per heavy atom. The van der Waals surface area contributed by atoms with E-state index in [9.17, 15) is 19.1 Å². The van der Waals surface area contributed by atoms with Crippen molar-refractivity contribution >= 4 is 29.4 Å². The van der Waals surface area contributed by atoms with Crippen LogP contribution >= 0.6 is 11.6 Å². The largest absolute Gasteiger partial charge is 0.507 e. The summed E-state index contributed by atoms with van der Waals surface area (Å²) in [6.07, 6.45) is 1.89. The van der Waals surface area contributed by atoms with Gasteiger partial charge in [0.1, 0.15) is 35.6 Å². The molecule has 0 spiro atoms. The van der Waals surface area contributed by atoms with Gasteiger partial charge in [0, 0.05) is 62.4 Å². The Bertz CT molecular complexity index is 1680. The lowest BCUT2D eigenvalue weighted by Gasteiger charge is -2.26. The second-order valence-corrected chi connectivity index (χ2v) is 11.0. The van der Waals surface area contributed by atoms with Crippen molar-refractivity contribution in [3.8, 4) is 22.9 Å². The zero-order valence-electron chi connectivity index (χ0n) is 23.2. The molecule has 42 heavy (non-hydrogen) atoms. The molecule has 2 aliphatic heterocycles. The van der Waals surface area contributed by atoms with Crippen molar-refractivity contribution in [2.24, 2.45) is 7.05 Å². The zero-order chi connectivity index (χ0) is 29.5. The summed E-state index contributed by atoms with van der Waals surface area (Å²) in [6, 6.07) is 13.6. The molecule has 0 unspecified atom stereocenters. The van der Waals surface area contributed by atoms with Gasteiger partial charge in [0.2, 0.25) is 5.91 Å². The van der Waals surface area contributed by atoms with E-state index in [1.807, 2.05) is 30.7 Å². The van der Waals surface area contributed by atoms with Gasteiger partial charge >= 0.3 is 6.03 Å². The molecule has 0 atom stereocenters. The maximum atomic E-state index is 14.1. The van der Waals surface area contributed by atoms with Crippen LogP contribution in [0.3, 0.4) is 0 Å². The minimum absolute atomic E-state index is 0.0457. The smallest absolute Gasteiger partial charge is 0.329 e. The van der Waals surface area contributed by atoms with Gasteiger partial charge in [-0.25, -0.2) is 14.2 Å². The summed E-state index contributed by atoms with van der Waals surface area (Å²) in [4.78, 5) is 32.2. The molecule has 4 aromatic rings. The number of nitrogens with one attached hydrogen (secondary N) is 1. The van der Waals surface area contributed by atoms with Gasteiger partial charge in [-0.2, -0.15) is 0 Å². The first-order chi connectivity index (χ1) is 20.2. The number of aromatic nitrogens is 2. The molecule has 3 aromatic carbocycles. The van der Waals surface area contributed by atoms with Crippen LogP contribution in [0.1, 0.15) is 34.2 Å². The van der Waals surface area contributed by atoms with Gasteiger partial charge in [0.15, 0.2) is 0 Å². The lowest BCUT2D eigenvalue weighted by Crippen LogP contribution is -2.50. The number of benzene rings is 3. The van der Waals surface area contributed by atoms with Gasteiger partial charge in [0.25, 0.3) is 0 Å². The Hall–Kier alpha value is -4.41. The number of phenolic OH excluding ortho intramolecular Hbond substituents is 1. The first kappa shape index (κ1) is 27.7. The summed E-state index contributed by atoms with van der Waals surface area (Å²) in [6.45, 7) is 4.14. The highest BCUT2D eigenvalue weighted by Gasteiger charge is 2.28. The standard InChI is InChI=1S/C31H29ClFN5O4/c1-18-10-22(42-17-24-25(32)4-3-5-26(24)33)12-27(39)23(18)16-37-14-20-7-6-19(11-21(20)15-37)30-34-13-29(36(30)2)38-9-8-28(40)35-31(38)41/h3-7,10-13,39H,8-9,14-17H2,1-2H3,(H,35,40,41). The molecule has 6 rings (SSSR count). The molecular weight excluding hydrogens is 561 g/mol. The zero-order valence-corrected chi connectivity index (χ0v) is 23.9. The fourth-order valence-corrected chi connectivity index (χ4v) is 5.74. The maximum absolute atomic E-state index is 14.1. The summed E-state index contributed by atoms with van der Waals surface area (Å²) in [7, 11) is 1.85. The van der Waals surface area contributed by atoms with E-state index < -0.39 is 11.8 Å². The number of aromatic hydroxyl groups is 1. The molecule has 0 bridgehead atoms. The Balaban J connectivity index is 1.14. The molecular formula is C31H29ClFN5O4. The number of carbonyl (C=O) groups excluding carboxylic acids is 2. The summed E-state index contributed by atoms with van der Waals surface area (Å²) in [5.41, 5.74) is 5.22. The number of hydrogen-bond acceptors (Lipinski definition) is 6. The van der Waals surface area contributed by atoms with Gasteiger partial charge in [0.05, 0.1) is 11.2 Å². The predicted octanol–water partition coefficient (Wildman–Crippen LogP) is 5.43. The highest BCUT2D eigenvalue weighted by molar-refractivity contribution is 6.31. The third kappa shape index (κ3) is 5.31. The van der Waals surface area contributed by atoms with Crippen molar-refractivity contribution in [2.75, 3.05) is 11.4 Å². The summed E-state index contributed by atoms with van der Waals surface area (Å²) < 4.78 is 21.7. The number of urea groups is 1. The fraction of sp³-hybridized carbons (Fsp3) is 0.258. The van der Waals surface area contributed by atoms with E-state index in [0.717, 1.165) is 34.6 Å². The first-order valence-corrected chi connectivity index (χ1v) is 13.9. The lowest BCUT2D eigenvalue weighted by atomic mass is 10.1. The molecule has 9 nitrogen and oxygen atoms in total. The number of aryl methyl sites for hydroxylation is 1. The monoisotopic (exact) mass is 589 g/mol. The molecule has 1 saturated heterocycles. The molecule has 2 N–H and O–H groups in total. The van der Waals surface area contributed by atoms with Crippen LogP contribution in [-0.2, 0) is 38.1 Å². The van der Waals surface area contributed by atoms with Crippen LogP contribution in [0, 0.1) is 12.7 Å². The third-order valence-corrected chi connectivity index (χ3v) is 8.15. The van der Waals surface area contributed by atoms with Gasteiger partial charge in [-0.15, -0.1) is 0 Å². The molecule has 2 aliphatic rings. The van der Waals surface area contributed by atoms with Gasteiger partial charge < -0.3 is 14.4 Å². The number of anilines is 1. The van der Waals surface area contributed by atoms with Crippen LogP contribution in [0.5, 0.6) is 11.5 Å². The molecule has 3 amide bonds. The van der Waals surface area contributed by atoms with E-state index in [2.05, 4.69) is 27.3 Å². The third-order valence-electron chi connectivity index (χ3n) is 7.80. The van der Waals surface area contributed by atoms with Crippen LogP contribution in [-0.4, -0.2) is 38.0 Å². The molecule has 0 aliphatic carbocycles. The fourth-order valence-electron chi connectivity index (χ4n) is 5.52. The van der Waals surface area contributed by atoms with Crippen LogP contribution in [0.15, 0.2) is 54.7 Å². The molecule has 1 aromatic heterocycles. The Kier molecular flexibility index (Phi) is 7.34. The van der Waals surface area contributed by atoms with Crippen molar-refractivity contribution in [3.05, 3.63) is 93.4 Å². The molecule has 3 heterocycles. The van der Waals surface area contributed by atoms with Crippen molar-refractivity contribution in [3.63, 3.8) is 0 Å². The van der Waals surface area contributed by atoms with E-state index in [-0.39, 0.29) is 30.2 Å². The highest BCUT2D eigenvalue weighted by atomic mass is 35.5. The minimum Gasteiger partial charge on any atom is -0.507 e. The van der Waals surface area contributed by atoms with Crippen molar-refractivity contribution in [2.45, 2.75) is 39.6 Å². The number of hydrogen-bond donors (Lipinski definition) is 2. The lowest BCUT2D eigenvalue weighted by molar-refractivity contribution is -0.120. The van der Waals surface area contributed by atoms with Crippen molar-refractivity contribution in [1.82, 2.24) is 19.8 Å². The van der Waals surface area contributed by atoms with E-state index in [4.69, 9.17) is 16.3 Å². The highest BCUT2D eigenvalue weighted by Crippen LogP contribution is 2.34. The van der Waals surface area contributed by atoms with E-state index in [1.54, 1.807) is 24.4 Å². The maximum Gasteiger partial charge on any atom is 0.329 e. The SMILES string of the molecule is Cc1cc(OCc2c(F)cccc2Cl)cc(O)c1CN1Cc2ccc(-c3ncc(N4CCC(=O)NC4=O)n3C)cc2C1. The molecule has 0 radical (unpaired) electrons. The Morgan fingerprint density at radius 1 is 1.10 bits per heavy atom. The number of fused-ring (bicyclic) bond motifs is 1. The van der Waals surface area contributed by atoms with Crippen molar-refractivity contribution < 1.29 is 23.8 Å². The minimum atomic E-state index is -0.446. The van der Waals surface area contributed by atoms with E-state index in [1.165, 1.54) is 16.5 Å². The number of nitrogens with zero attached hydrogens (tertiary/aromatic N) is 4. The molecule has 1 fully saturated rings. The summed E-state index contributed by atoms with van der Waals surface area (Å²) in [5.74, 6) is 1.17. The number of rotatable bonds is 7. The van der Waals surface area contributed by atoms with E-state index >= 15 is 0 Å². The molecule has 0 saturated carbocycles. The molecule has 11 heteroatoms. The number of imidazole rings is 1. The normalized spacial score (nSPS) is 15.2. The summed E-state index contributed by atoms with van der Waals surface area (Å²) >= 11 is 6.11. The van der Waals surface area contributed by atoms with Gasteiger partial charge in [-0.3, -0.25) is 19.9 Å². The Morgan fingerprint density at radius 3 is 2.67 bits per heavy atom. The van der Waals surface area contributed by atoms with E-state index in [0.29, 0.717) is 36.2 Å². The number of carbonyl (C=O) groups is 2. The Labute approximate surface area is 247 Å². The topological polar surface area (TPSA) is 99.9 Å². The number of amides is 3. The number of imide groups is 1. The molecule has 216 valence electrons. The quantitative estimate of drug-likeness (QED) is 0.298.